The van der Waals surface area contributed by atoms with Gasteiger partial charge in [-0.15, -0.1) is 0 Å². The first-order valence-electron chi connectivity index (χ1n) is 12.2. The molecule has 0 aliphatic heterocycles. The molecule has 0 unspecified atom stereocenters. The third-order valence-electron chi connectivity index (χ3n) is 6.67. The van der Waals surface area contributed by atoms with Crippen LogP contribution in [-0.2, 0) is 0 Å². The zero-order valence-electron chi connectivity index (χ0n) is 20.7. The van der Waals surface area contributed by atoms with Gasteiger partial charge < -0.3 is 10.3 Å². The third-order valence-corrected chi connectivity index (χ3v) is 7.06. The Kier molecular flexibility index (Phi) is 6.17. The van der Waals surface area contributed by atoms with E-state index in [1.165, 1.54) is 30.7 Å². The molecule has 6 aromatic rings. The van der Waals surface area contributed by atoms with E-state index >= 15 is 0 Å². The number of hydrogen-bond acceptors (Lipinski definition) is 5. The molecule has 7 nitrogen and oxygen atoms in total. The first-order chi connectivity index (χ1) is 18.9. The minimum atomic E-state index is -0.554. The lowest BCUT2D eigenvalue weighted by Gasteiger charge is -2.24. The van der Waals surface area contributed by atoms with Gasteiger partial charge in [0, 0.05) is 23.3 Å². The fourth-order valence-corrected chi connectivity index (χ4v) is 5.31. The van der Waals surface area contributed by atoms with Gasteiger partial charge in [-0.2, -0.15) is 0 Å². The zero-order chi connectivity index (χ0) is 27.1. The summed E-state index contributed by atoms with van der Waals surface area (Å²) in [6.07, 6.45) is 2.88. The number of hydrogen-bond donors (Lipinski definition) is 2. The van der Waals surface area contributed by atoms with E-state index in [2.05, 4.69) is 20.3 Å². The van der Waals surface area contributed by atoms with Gasteiger partial charge in [0.1, 0.15) is 29.0 Å². The monoisotopic (exact) mass is 537 g/mol. The quantitative estimate of drug-likeness (QED) is 0.271. The molecule has 0 bridgehead atoms. The summed E-state index contributed by atoms with van der Waals surface area (Å²) < 4.78 is 15.2. The Morgan fingerprint density at radius 1 is 0.923 bits per heavy atom. The van der Waals surface area contributed by atoms with Crippen molar-refractivity contribution >= 4 is 39.2 Å². The predicted molar refractivity (Wildman–Crippen MR) is 152 cm³/mol. The Morgan fingerprint density at radius 3 is 2.46 bits per heavy atom. The van der Waals surface area contributed by atoms with Gasteiger partial charge in [-0.25, -0.2) is 14.4 Å². The molecular weight excluding hydrogens is 517 g/mol. The first-order valence-corrected chi connectivity index (χ1v) is 12.6. The second-order valence-corrected chi connectivity index (χ2v) is 9.44. The lowest BCUT2D eigenvalue weighted by Crippen LogP contribution is -2.27. The molecule has 0 aliphatic carbocycles. The molecule has 0 saturated heterocycles. The van der Waals surface area contributed by atoms with Crippen molar-refractivity contribution in [3.63, 3.8) is 0 Å². The van der Waals surface area contributed by atoms with Crippen LogP contribution >= 0.6 is 11.6 Å². The Balaban J connectivity index is 1.62. The molecule has 6 rings (SSSR count). The topological polar surface area (TPSA) is 92.7 Å². The van der Waals surface area contributed by atoms with Crippen LogP contribution in [0, 0.1) is 5.82 Å². The van der Waals surface area contributed by atoms with Gasteiger partial charge in [-0.05, 0) is 42.3 Å². The Hall–Kier alpha value is -4.82. The molecule has 0 aliphatic rings. The summed E-state index contributed by atoms with van der Waals surface area (Å²) in [5, 5.41) is 4.92. The van der Waals surface area contributed by atoms with E-state index in [1.807, 2.05) is 49.4 Å². The molecule has 0 fully saturated rings. The zero-order valence-corrected chi connectivity index (χ0v) is 21.4. The number of rotatable bonds is 5. The maximum absolute atomic E-state index is 14.3. The molecule has 0 radical (unpaired) electrons. The number of pyridine rings is 2. The van der Waals surface area contributed by atoms with Gasteiger partial charge in [0.15, 0.2) is 5.43 Å². The molecule has 0 spiro atoms. The molecule has 39 heavy (non-hydrogen) atoms. The standard InChI is InChI=1S/C30H21ClFN5O2/c1-17(36-29-25-23(38)14-15-33-28(25)34-16-35-29)27-26(31)22-9-5-8-21(18-10-12-19(32)13-11-18)24(22)30(39)37(27)20-6-3-2-4-7-20/h2-17H,1H3,(H2,33,34,35,36,38)/t17-/m0/s1. The van der Waals surface area contributed by atoms with Gasteiger partial charge >= 0.3 is 0 Å². The Bertz CT molecular complexity index is 1970. The molecule has 0 saturated carbocycles. The highest BCUT2D eigenvalue weighted by molar-refractivity contribution is 6.36. The number of H-pyrrole nitrogens is 1. The van der Waals surface area contributed by atoms with Crippen molar-refractivity contribution in [1.29, 1.82) is 0 Å². The highest BCUT2D eigenvalue weighted by Crippen LogP contribution is 2.36. The maximum Gasteiger partial charge on any atom is 0.263 e. The fourth-order valence-electron chi connectivity index (χ4n) is 4.90. The van der Waals surface area contributed by atoms with Crippen molar-refractivity contribution in [3.8, 4) is 16.8 Å². The van der Waals surface area contributed by atoms with Gasteiger partial charge in [0.2, 0.25) is 0 Å². The van der Waals surface area contributed by atoms with Crippen LogP contribution in [0.4, 0.5) is 10.2 Å². The van der Waals surface area contributed by atoms with Crippen LogP contribution < -0.4 is 16.3 Å². The van der Waals surface area contributed by atoms with Crippen LogP contribution in [-0.4, -0.2) is 19.5 Å². The summed E-state index contributed by atoms with van der Waals surface area (Å²) in [5.41, 5.74) is 2.32. The van der Waals surface area contributed by atoms with E-state index in [9.17, 15) is 14.0 Å². The number of fused-ring (bicyclic) bond motifs is 2. The lowest BCUT2D eigenvalue weighted by molar-refractivity contribution is 0.628. The molecule has 3 heterocycles. The van der Waals surface area contributed by atoms with E-state index in [4.69, 9.17) is 11.6 Å². The summed E-state index contributed by atoms with van der Waals surface area (Å²) in [5.74, 6) is -0.0466. The molecule has 2 N–H and O–H groups in total. The van der Waals surface area contributed by atoms with Crippen LogP contribution in [0.2, 0.25) is 5.02 Å². The minimum Gasteiger partial charge on any atom is -0.361 e. The fraction of sp³-hybridized carbons (Fsp3) is 0.0667. The van der Waals surface area contributed by atoms with E-state index in [0.29, 0.717) is 55.2 Å². The van der Waals surface area contributed by atoms with Crippen molar-refractivity contribution < 1.29 is 4.39 Å². The van der Waals surface area contributed by atoms with E-state index in [1.54, 1.807) is 22.8 Å². The van der Waals surface area contributed by atoms with E-state index < -0.39 is 6.04 Å². The second kappa shape index (κ2) is 9.81. The van der Waals surface area contributed by atoms with E-state index in [-0.39, 0.29) is 16.8 Å². The number of halogens is 2. The Labute approximate surface area is 226 Å². The number of aromatic amines is 1. The largest absolute Gasteiger partial charge is 0.361 e. The number of nitrogens with zero attached hydrogens (tertiary/aromatic N) is 3. The van der Waals surface area contributed by atoms with Gasteiger partial charge in [0.25, 0.3) is 5.56 Å². The molecule has 9 heteroatoms. The molecule has 3 aromatic heterocycles. The summed E-state index contributed by atoms with van der Waals surface area (Å²) >= 11 is 7.10. The van der Waals surface area contributed by atoms with Crippen molar-refractivity contribution in [2.24, 2.45) is 0 Å². The summed E-state index contributed by atoms with van der Waals surface area (Å²) in [6.45, 7) is 1.85. The van der Waals surface area contributed by atoms with Gasteiger partial charge in [-0.1, -0.05) is 60.1 Å². The average Bonchev–Trinajstić information content (AvgIpc) is 2.95. The normalized spacial score (nSPS) is 12.1. The van der Waals surface area contributed by atoms with E-state index in [0.717, 1.165) is 0 Å². The lowest BCUT2D eigenvalue weighted by atomic mass is 9.97. The maximum atomic E-state index is 14.3. The predicted octanol–water partition coefficient (Wildman–Crippen LogP) is 6.25. The summed E-state index contributed by atoms with van der Waals surface area (Å²) in [7, 11) is 0. The number of aromatic nitrogens is 4. The Morgan fingerprint density at radius 2 is 1.69 bits per heavy atom. The smallest absolute Gasteiger partial charge is 0.263 e. The van der Waals surface area contributed by atoms with Crippen LogP contribution in [0.1, 0.15) is 18.7 Å². The van der Waals surface area contributed by atoms with Crippen LogP contribution in [0.25, 0.3) is 38.6 Å². The highest BCUT2D eigenvalue weighted by atomic mass is 35.5. The van der Waals surface area contributed by atoms with Crippen LogP contribution in [0.3, 0.4) is 0 Å². The number of anilines is 1. The van der Waals surface area contributed by atoms with Crippen molar-refractivity contribution in [3.05, 3.63) is 128 Å². The highest BCUT2D eigenvalue weighted by Gasteiger charge is 2.24. The van der Waals surface area contributed by atoms with Gasteiger partial charge in [-0.3, -0.25) is 14.2 Å². The molecular formula is C30H21ClFN5O2. The molecule has 192 valence electrons. The van der Waals surface area contributed by atoms with Crippen molar-refractivity contribution in [1.82, 2.24) is 19.5 Å². The molecule has 0 amide bonds. The van der Waals surface area contributed by atoms with Crippen LogP contribution in [0.5, 0.6) is 0 Å². The number of nitrogens with one attached hydrogen (secondary N) is 2. The number of para-hydroxylation sites is 1. The number of benzene rings is 3. The SMILES string of the molecule is C[C@H](Nc1ncnc2[nH]ccc(=O)c12)c1c(Cl)c2cccc(-c3ccc(F)cc3)c2c(=O)n1-c1ccccc1. The van der Waals surface area contributed by atoms with Crippen molar-refractivity contribution in [2.45, 2.75) is 13.0 Å². The average molecular weight is 538 g/mol. The van der Waals surface area contributed by atoms with Crippen molar-refractivity contribution in [2.75, 3.05) is 5.32 Å². The van der Waals surface area contributed by atoms with Gasteiger partial charge in [0.05, 0.1) is 22.1 Å². The first kappa shape index (κ1) is 24.5. The molecule has 3 aromatic carbocycles. The second-order valence-electron chi connectivity index (χ2n) is 9.06. The third kappa shape index (κ3) is 4.24. The molecule has 1 atom stereocenters. The van der Waals surface area contributed by atoms with Crippen LogP contribution in [0.15, 0.2) is 101 Å². The summed E-state index contributed by atoms with van der Waals surface area (Å²) in [6, 6.07) is 21.5. The minimum absolute atomic E-state index is 0.243. The summed E-state index contributed by atoms with van der Waals surface area (Å²) in [4.78, 5) is 38.4.